The Morgan fingerprint density at radius 2 is 2.10 bits per heavy atom. The standard InChI is InChI=1S/C17H17FN2O/c1-20(17(21)14-9-5-11-19-16(14)18)15-10-4-7-12-6-2-3-8-13(12)15/h2-3,5-6,8-9,11,15H,4,7,10H2,1H3. The molecule has 0 aliphatic heterocycles. The summed E-state index contributed by atoms with van der Waals surface area (Å²) in [4.78, 5) is 17.7. The van der Waals surface area contributed by atoms with Crippen molar-refractivity contribution in [1.29, 1.82) is 0 Å². The van der Waals surface area contributed by atoms with Crippen molar-refractivity contribution in [2.24, 2.45) is 0 Å². The maximum absolute atomic E-state index is 13.7. The molecule has 4 heteroatoms. The molecule has 0 radical (unpaired) electrons. The molecule has 1 atom stereocenters. The molecular weight excluding hydrogens is 267 g/mol. The first-order valence-corrected chi connectivity index (χ1v) is 7.14. The van der Waals surface area contributed by atoms with E-state index in [1.165, 1.54) is 23.4 Å². The third kappa shape index (κ3) is 2.53. The molecule has 1 aliphatic rings. The van der Waals surface area contributed by atoms with E-state index in [1.807, 2.05) is 12.1 Å². The highest BCUT2D eigenvalue weighted by molar-refractivity contribution is 5.94. The summed E-state index contributed by atoms with van der Waals surface area (Å²) in [5, 5.41) is 0. The summed E-state index contributed by atoms with van der Waals surface area (Å²) in [6.07, 6.45) is 4.33. The molecule has 21 heavy (non-hydrogen) atoms. The van der Waals surface area contributed by atoms with Gasteiger partial charge in [-0.3, -0.25) is 4.79 Å². The molecule has 1 amide bonds. The van der Waals surface area contributed by atoms with E-state index in [2.05, 4.69) is 17.1 Å². The first-order valence-electron chi connectivity index (χ1n) is 7.14. The SMILES string of the molecule is CN(C(=O)c1cccnc1F)C1CCCc2ccccc21. The molecule has 108 valence electrons. The Morgan fingerprint density at radius 1 is 1.29 bits per heavy atom. The lowest BCUT2D eigenvalue weighted by Gasteiger charge is -2.33. The van der Waals surface area contributed by atoms with Crippen LogP contribution in [-0.2, 0) is 6.42 Å². The Morgan fingerprint density at radius 3 is 2.90 bits per heavy atom. The summed E-state index contributed by atoms with van der Waals surface area (Å²) in [6.45, 7) is 0. The average Bonchev–Trinajstić information content (AvgIpc) is 2.53. The Hall–Kier alpha value is -2.23. The third-order valence-corrected chi connectivity index (χ3v) is 4.12. The summed E-state index contributed by atoms with van der Waals surface area (Å²) in [5.74, 6) is -1.03. The summed E-state index contributed by atoms with van der Waals surface area (Å²) < 4.78 is 13.7. The molecule has 1 unspecified atom stereocenters. The number of amides is 1. The number of pyridine rings is 1. The van der Waals surface area contributed by atoms with Crippen molar-refractivity contribution >= 4 is 5.91 Å². The number of hydrogen-bond donors (Lipinski definition) is 0. The molecule has 2 aromatic rings. The van der Waals surface area contributed by atoms with Gasteiger partial charge >= 0.3 is 0 Å². The van der Waals surface area contributed by atoms with Gasteiger partial charge in [0.25, 0.3) is 5.91 Å². The van der Waals surface area contributed by atoms with Crippen LogP contribution in [0.1, 0.15) is 40.4 Å². The minimum atomic E-state index is -0.710. The van der Waals surface area contributed by atoms with Gasteiger partial charge in [-0.2, -0.15) is 4.39 Å². The first kappa shape index (κ1) is 13.7. The zero-order chi connectivity index (χ0) is 14.8. The minimum absolute atomic E-state index is 0.00190. The van der Waals surface area contributed by atoms with Crippen LogP contribution in [0.2, 0.25) is 0 Å². The van der Waals surface area contributed by atoms with Gasteiger partial charge in [0.1, 0.15) is 0 Å². The molecule has 0 saturated carbocycles. The molecule has 3 nitrogen and oxygen atoms in total. The molecule has 0 fully saturated rings. The van der Waals surface area contributed by atoms with E-state index < -0.39 is 5.95 Å². The number of fused-ring (bicyclic) bond motifs is 1. The Balaban J connectivity index is 1.91. The van der Waals surface area contributed by atoms with E-state index in [9.17, 15) is 9.18 Å². The van der Waals surface area contributed by atoms with Crippen molar-refractivity contribution < 1.29 is 9.18 Å². The van der Waals surface area contributed by atoms with E-state index in [4.69, 9.17) is 0 Å². The Labute approximate surface area is 123 Å². The van der Waals surface area contributed by atoms with Gasteiger partial charge in [-0.1, -0.05) is 24.3 Å². The first-order chi connectivity index (χ1) is 10.2. The van der Waals surface area contributed by atoms with E-state index in [0.717, 1.165) is 19.3 Å². The minimum Gasteiger partial charge on any atom is -0.335 e. The van der Waals surface area contributed by atoms with Crippen molar-refractivity contribution in [3.63, 3.8) is 0 Å². The van der Waals surface area contributed by atoms with Crippen LogP contribution in [-0.4, -0.2) is 22.8 Å². The zero-order valence-electron chi connectivity index (χ0n) is 11.9. The van der Waals surface area contributed by atoms with Crippen molar-refractivity contribution in [1.82, 2.24) is 9.88 Å². The summed E-state index contributed by atoms with van der Waals surface area (Å²) in [5.41, 5.74) is 2.48. The largest absolute Gasteiger partial charge is 0.335 e. The third-order valence-electron chi connectivity index (χ3n) is 4.12. The van der Waals surface area contributed by atoms with Gasteiger partial charge in [0.05, 0.1) is 11.6 Å². The van der Waals surface area contributed by atoms with Crippen molar-refractivity contribution in [3.05, 3.63) is 65.2 Å². The molecule has 0 N–H and O–H groups in total. The molecule has 3 rings (SSSR count). The van der Waals surface area contributed by atoms with Crippen LogP contribution in [0.15, 0.2) is 42.6 Å². The molecule has 1 heterocycles. The molecule has 1 aliphatic carbocycles. The van der Waals surface area contributed by atoms with E-state index in [1.54, 1.807) is 18.0 Å². The van der Waals surface area contributed by atoms with Crippen LogP contribution in [0, 0.1) is 5.95 Å². The Bertz CT molecular complexity index is 671. The second kappa shape index (κ2) is 5.64. The number of carbonyl (C=O) groups is 1. The normalized spacial score (nSPS) is 17.1. The summed E-state index contributed by atoms with van der Waals surface area (Å²) in [6, 6.07) is 11.2. The number of halogens is 1. The van der Waals surface area contributed by atoms with Crippen LogP contribution in [0.4, 0.5) is 4.39 Å². The lowest BCUT2D eigenvalue weighted by Crippen LogP contribution is -2.34. The highest BCUT2D eigenvalue weighted by atomic mass is 19.1. The fourth-order valence-corrected chi connectivity index (χ4v) is 3.01. The number of benzene rings is 1. The monoisotopic (exact) mass is 284 g/mol. The van der Waals surface area contributed by atoms with Crippen molar-refractivity contribution in [2.75, 3.05) is 7.05 Å². The van der Waals surface area contributed by atoms with Gasteiger partial charge in [-0.25, -0.2) is 4.98 Å². The lowest BCUT2D eigenvalue weighted by molar-refractivity contribution is 0.0709. The maximum Gasteiger partial charge on any atom is 0.258 e. The molecule has 0 saturated heterocycles. The fraction of sp³-hybridized carbons (Fsp3) is 0.294. The van der Waals surface area contributed by atoms with Crippen LogP contribution in [0.3, 0.4) is 0 Å². The van der Waals surface area contributed by atoms with E-state index in [-0.39, 0.29) is 17.5 Å². The smallest absolute Gasteiger partial charge is 0.258 e. The van der Waals surface area contributed by atoms with Crippen LogP contribution >= 0.6 is 0 Å². The van der Waals surface area contributed by atoms with Crippen molar-refractivity contribution in [2.45, 2.75) is 25.3 Å². The van der Waals surface area contributed by atoms with E-state index in [0.29, 0.717) is 0 Å². The highest BCUT2D eigenvalue weighted by Gasteiger charge is 2.28. The zero-order valence-corrected chi connectivity index (χ0v) is 11.9. The van der Waals surface area contributed by atoms with Gasteiger partial charge < -0.3 is 4.90 Å². The molecule has 0 bridgehead atoms. The highest BCUT2D eigenvalue weighted by Crippen LogP contribution is 2.34. The molecule has 1 aromatic heterocycles. The van der Waals surface area contributed by atoms with Gasteiger partial charge in [-0.15, -0.1) is 0 Å². The number of aromatic nitrogens is 1. The Kier molecular flexibility index (Phi) is 3.69. The molecule has 0 spiro atoms. The van der Waals surface area contributed by atoms with Crippen molar-refractivity contribution in [3.8, 4) is 0 Å². The van der Waals surface area contributed by atoms with Gasteiger partial charge in [-0.05, 0) is 42.5 Å². The topological polar surface area (TPSA) is 33.2 Å². The number of rotatable bonds is 2. The van der Waals surface area contributed by atoms with E-state index >= 15 is 0 Å². The molecular formula is C17H17FN2O. The van der Waals surface area contributed by atoms with Crippen LogP contribution < -0.4 is 0 Å². The summed E-state index contributed by atoms with van der Waals surface area (Å²) in [7, 11) is 1.74. The van der Waals surface area contributed by atoms with Gasteiger partial charge in [0.2, 0.25) is 5.95 Å². The number of hydrogen-bond acceptors (Lipinski definition) is 2. The second-order valence-electron chi connectivity index (χ2n) is 5.36. The predicted octanol–water partition coefficient (Wildman–Crippen LogP) is 3.37. The average molecular weight is 284 g/mol. The second-order valence-corrected chi connectivity index (χ2v) is 5.36. The van der Waals surface area contributed by atoms with Gasteiger partial charge in [0, 0.05) is 13.2 Å². The van der Waals surface area contributed by atoms with Crippen LogP contribution in [0.5, 0.6) is 0 Å². The van der Waals surface area contributed by atoms with Crippen LogP contribution in [0.25, 0.3) is 0 Å². The molecule has 1 aromatic carbocycles. The van der Waals surface area contributed by atoms with Gasteiger partial charge in [0.15, 0.2) is 0 Å². The summed E-state index contributed by atoms with van der Waals surface area (Å²) >= 11 is 0. The lowest BCUT2D eigenvalue weighted by atomic mass is 9.87. The predicted molar refractivity (Wildman–Crippen MR) is 78.4 cm³/mol. The maximum atomic E-state index is 13.7. The number of carbonyl (C=O) groups excluding carboxylic acids is 1. The number of nitrogens with zero attached hydrogens (tertiary/aromatic N) is 2. The fourth-order valence-electron chi connectivity index (χ4n) is 3.01. The number of aryl methyl sites for hydroxylation is 1. The quantitative estimate of drug-likeness (QED) is 0.792.